The van der Waals surface area contributed by atoms with E-state index in [1.54, 1.807) is 55.1 Å². The number of alkyl halides is 3. The Morgan fingerprint density at radius 2 is 0.929 bits per heavy atom. The van der Waals surface area contributed by atoms with Crippen LogP contribution in [0.3, 0.4) is 0 Å². The maximum Gasteiger partial charge on any atom is 0.417 e. The summed E-state index contributed by atoms with van der Waals surface area (Å²) in [5.74, 6) is 1.10. The normalized spacial score (nSPS) is 11.8. The molecule has 0 saturated heterocycles. The average Bonchev–Trinajstić information content (AvgIpc) is 3.75. The molecule has 56 heavy (non-hydrogen) atoms. The third-order valence-corrected chi connectivity index (χ3v) is 10.2. The fraction of sp³-hybridized carbons (Fsp3) is 0.0217. The maximum absolute atomic E-state index is 15.2. The van der Waals surface area contributed by atoms with Crippen molar-refractivity contribution >= 4 is 43.6 Å². The first-order valence-corrected chi connectivity index (χ1v) is 17.8. The molecule has 0 N–H and O–H groups in total. The van der Waals surface area contributed by atoms with Crippen molar-refractivity contribution in [3.05, 3.63) is 169 Å². The van der Waals surface area contributed by atoms with E-state index >= 15 is 13.2 Å². The van der Waals surface area contributed by atoms with Crippen molar-refractivity contribution in [3.8, 4) is 51.3 Å². The highest BCUT2D eigenvalue weighted by molar-refractivity contribution is 6.13. The molecule has 0 aliphatic rings. The van der Waals surface area contributed by atoms with Crippen molar-refractivity contribution in [3.63, 3.8) is 0 Å². The highest BCUT2D eigenvalue weighted by Crippen LogP contribution is 2.46. The minimum atomic E-state index is -4.68. The van der Waals surface area contributed by atoms with Crippen LogP contribution in [0.1, 0.15) is 11.1 Å². The van der Waals surface area contributed by atoms with Gasteiger partial charge < -0.3 is 9.13 Å². The number of halogens is 3. The molecule has 0 aliphatic carbocycles. The highest BCUT2D eigenvalue weighted by Gasteiger charge is 2.35. The first-order valence-electron chi connectivity index (χ1n) is 17.8. The van der Waals surface area contributed by atoms with E-state index in [1.807, 2.05) is 94.1 Å². The second-order valence-corrected chi connectivity index (χ2v) is 13.4. The zero-order valence-corrected chi connectivity index (χ0v) is 29.3. The van der Waals surface area contributed by atoms with Gasteiger partial charge in [-0.3, -0.25) is 0 Å². The molecule has 0 unspecified atom stereocenters. The van der Waals surface area contributed by atoms with E-state index in [1.165, 1.54) is 12.1 Å². The first kappa shape index (κ1) is 33.0. The van der Waals surface area contributed by atoms with Gasteiger partial charge in [0.15, 0.2) is 11.6 Å². The van der Waals surface area contributed by atoms with Crippen LogP contribution in [0.5, 0.6) is 0 Å². The molecular weight excluding hydrogens is 708 g/mol. The molecule has 0 spiro atoms. The highest BCUT2D eigenvalue weighted by atomic mass is 19.4. The molecule has 10 aromatic rings. The Kier molecular flexibility index (Phi) is 7.50. The number of aromatic nitrogens is 6. The van der Waals surface area contributed by atoms with Crippen LogP contribution in [0, 0.1) is 11.3 Å². The van der Waals surface area contributed by atoms with E-state index in [2.05, 4.69) is 26.0 Å². The zero-order chi connectivity index (χ0) is 38.0. The number of rotatable bonds is 5. The Balaban J connectivity index is 1.36. The number of para-hydroxylation sites is 2. The lowest BCUT2D eigenvalue weighted by atomic mass is 9.94. The molecule has 0 bridgehead atoms. The topological polar surface area (TPSA) is 85.2 Å². The van der Waals surface area contributed by atoms with Gasteiger partial charge >= 0.3 is 6.18 Å². The Morgan fingerprint density at radius 3 is 1.41 bits per heavy atom. The summed E-state index contributed by atoms with van der Waals surface area (Å²) in [7, 11) is 0. The van der Waals surface area contributed by atoms with Gasteiger partial charge in [0.2, 0.25) is 0 Å². The third-order valence-electron chi connectivity index (χ3n) is 10.2. The Morgan fingerprint density at radius 1 is 0.482 bits per heavy atom. The first-order chi connectivity index (χ1) is 27.4. The fourth-order valence-electron chi connectivity index (χ4n) is 7.89. The van der Waals surface area contributed by atoms with Gasteiger partial charge in [-0.05, 0) is 84.4 Å². The number of hydrogen-bond acceptors (Lipinski definition) is 5. The van der Waals surface area contributed by atoms with Gasteiger partial charge in [0.05, 0.1) is 50.6 Å². The molecule has 0 aliphatic heterocycles. The van der Waals surface area contributed by atoms with Gasteiger partial charge in [-0.2, -0.15) is 18.4 Å². The smallest absolute Gasteiger partial charge is 0.308 e. The van der Waals surface area contributed by atoms with Crippen LogP contribution in [-0.4, -0.2) is 29.1 Å². The van der Waals surface area contributed by atoms with E-state index in [9.17, 15) is 5.26 Å². The summed E-state index contributed by atoms with van der Waals surface area (Å²) in [6.45, 7) is 0. The molecule has 0 fully saturated rings. The summed E-state index contributed by atoms with van der Waals surface area (Å²) in [6.07, 6.45) is 2.04. The van der Waals surface area contributed by atoms with Gasteiger partial charge in [0, 0.05) is 63.0 Å². The summed E-state index contributed by atoms with van der Waals surface area (Å²) in [4.78, 5) is 17.8. The molecule has 0 amide bonds. The third kappa shape index (κ3) is 5.21. The minimum Gasteiger partial charge on any atom is -0.308 e. The summed E-state index contributed by atoms with van der Waals surface area (Å²) in [5.41, 5.74) is 5.22. The van der Waals surface area contributed by atoms with Gasteiger partial charge in [-0.15, -0.1) is 0 Å². The van der Waals surface area contributed by atoms with Crippen LogP contribution in [0.4, 0.5) is 13.2 Å². The Labute approximate surface area is 317 Å². The van der Waals surface area contributed by atoms with Gasteiger partial charge in [-0.25, -0.2) is 19.9 Å². The molecule has 6 aromatic carbocycles. The average molecular weight is 734 g/mol. The lowest BCUT2D eigenvalue weighted by Crippen LogP contribution is -2.10. The molecule has 0 saturated carbocycles. The van der Waals surface area contributed by atoms with Crippen molar-refractivity contribution in [2.24, 2.45) is 0 Å². The lowest BCUT2D eigenvalue weighted by Gasteiger charge is -2.23. The van der Waals surface area contributed by atoms with Crippen molar-refractivity contribution in [1.29, 1.82) is 5.26 Å². The number of nitrogens with zero attached hydrogens (tertiary/aromatic N) is 7. The van der Waals surface area contributed by atoms with Crippen LogP contribution in [0.15, 0.2) is 158 Å². The fourth-order valence-corrected chi connectivity index (χ4v) is 7.89. The molecule has 10 heteroatoms. The maximum atomic E-state index is 15.2. The molecule has 266 valence electrons. The molecule has 0 radical (unpaired) electrons. The van der Waals surface area contributed by atoms with Crippen LogP contribution in [0.25, 0.3) is 88.9 Å². The van der Waals surface area contributed by atoms with Crippen molar-refractivity contribution < 1.29 is 13.2 Å². The molecule has 4 heterocycles. The van der Waals surface area contributed by atoms with Gasteiger partial charge in [0.1, 0.15) is 0 Å². The summed E-state index contributed by atoms with van der Waals surface area (Å²) < 4.78 is 49.4. The Hall–Kier alpha value is -7.64. The monoisotopic (exact) mass is 733 g/mol. The SMILES string of the molecule is N#Cc1cc(-n2c3ccccc3c3cc(-c4ncccn4)ccc32)c(-c2ccccc2C(F)(F)F)c(-n2c3ccccc3c3cc(-c4ncccn4)ccc32)c1. The van der Waals surface area contributed by atoms with Crippen molar-refractivity contribution in [2.45, 2.75) is 6.18 Å². The predicted molar refractivity (Wildman–Crippen MR) is 212 cm³/mol. The molecule has 0 atom stereocenters. The van der Waals surface area contributed by atoms with Gasteiger partial charge in [-0.1, -0.05) is 54.6 Å². The van der Waals surface area contributed by atoms with E-state index < -0.39 is 11.7 Å². The van der Waals surface area contributed by atoms with E-state index in [0.29, 0.717) is 28.6 Å². The second-order valence-electron chi connectivity index (χ2n) is 13.4. The Bertz CT molecular complexity index is 3020. The minimum absolute atomic E-state index is 0.0186. The van der Waals surface area contributed by atoms with Crippen LogP contribution in [0.2, 0.25) is 0 Å². The molecule has 4 aromatic heterocycles. The number of nitriles is 1. The van der Waals surface area contributed by atoms with Crippen molar-refractivity contribution in [1.82, 2.24) is 29.1 Å². The van der Waals surface area contributed by atoms with E-state index in [0.717, 1.165) is 60.8 Å². The molecular formula is C46H26F3N7. The summed E-state index contributed by atoms with van der Waals surface area (Å²) in [5, 5.41) is 14.1. The number of hydrogen-bond donors (Lipinski definition) is 0. The van der Waals surface area contributed by atoms with Crippen LogP contribution < -0.4 is 0 Å². The van der Waals surface area contributed by atoms with Gasteiger partial charge in [0.25, 0.3) is 0 Å². The molecule has 10 rings (SSSR count). The zero-order valence-electron chi connectivity index (χ0n) is 29.3. The van der Waals surface area contributed by atoms with E-state index in [4.69, 9.17) is 0 Å². The standard InChI is InChI=1S/C46H26F3N7/c47-46(48,49)36-12-4-1-11-33(36)43-41(55-37-13-5-2-9-31(37)34-25-29(15-17-39(34)55)44-51-19-7-20-52-44)23-28(27-50)24-42(43)56-38-14-6-3-10-32(38)35-26-30(16-18-40(35)56)45-53-21-8-22-54-45/h1-26H. The van der Waals surface area contributed by atoms with Crippen LogP contribution >= 0.6 is 0 Å². The number of benzene rings is 6. The molecule has 7 nitrogen and oxygen atoms in total. The summed E-state index contributed by atoms with van der Waals surface area (Å²) >= 11 is 0. The summed E-state index contributed by atoms with van der Waals surface area (Å²) in [6, 6.07) is 42.1. The number of fused-ring (bicyclic) bond motifs is 6. The van der Waals surface area contributed by atoms with Crippen molar-refractivity contribution in [2.75, 3.05) is 0 Å². The largest absolute Gasteiger partial charge is 0.417 e. The quantitative estimate of drug-likeness (QED) is 0.176. The second kappa shape index (κ2) is 12.7. The predicted octanol–water partition coefficient (Wildman–Crippen LogP) is 11.4. The van der Waals surface area contributed by atoms with Crippen LogP contribution in [-0.2, 0) is 6.18 Å². The van der Waals surface area contributed by atoms with E-state index in [-0.39, 0.29) is 11.1 Å². The lowest BCUT2D eigenvalue weighted by molar-refractivity contribution is -0.137.